The zero-order chi connectivity index (χ0) is 27.0. The maximum atomic E-state index is 15.3. The second kappa shape index (κ2) is 10.4. The minimum absolute atomic E-state index is 0.0893. The molecule has 0 amide bonds. The van der Waals surface area contributed by atoms with Gasteiger partial charge in [-0.25, -0.2) is 17.2 Å². The van der Waals surface area contributed by atoms with Crippen LogP contribution in [0.3, 0.4) is 0 Å². The molecule has 200 valence electrons. The molecule has 0 spiro atoms. The third-order valence-electron chi connectivity index (χ3n) is 7.06. The second-order valence-corrected chi connectivity index (χ2v) is 11.7. The van der Waals surface area contributed by atoms with Crippen LogP contribution in [0.1, 0.15) is 12.1 Å². The molecule has 2 N–H and O–H groups in total. The Morgan fingerprint density at radius 1 is 1.00 bits per heavy atom. The zero-order valence-corrected chi connectivity index (χ0v) is 22.2. The summed E-state index contributed by atoms with van der Waals surface area (Å²) >= 11 is 0. The molecule has 3 heterocycles. The van der Waals surface area contributed by atoms with E-state index in [1.807, 2.05) is 17.9 Å². The van der Waals surface area contributed by atoms with Crippen LogP contribution in [0.5, 0.6) is 0 Å². The molecule has 5 rings (SSSR count). The van der Waals surface area contributed by atoms with E-state index >= 15 is 8.78 Å². The monoisotopic (exact) mass is 540 g/mol. The number of aliphatic hydroxyl groups excluding tert-OH is 1. The molecule has 1 aliphatic heterocycles. The van der Waals surface area contributed by atoms with Crippen molar-refractivity contribution in [3.8, 4) is 22.5 Å². The number of rotatable bonds is 7. The van der Waals surface area contributed by atoms with Crippen molar-refractivity contribution in [1.29, 1.82) is 0 Å². The number of sulfone groups is 1. The fraction of sp³-hybridized carbons (Fsp3) is 0.321. The first kappa shape index (κ1) is 26.3. The van der Waals surface area contributed by atoms with Crippen LogP contribution in [-0.4, -0.2) is 74.0 Å². The molecule has 2 aromatic heterocycles. The molecule has 7 nitrogen and oxygen atoms in total. The summed E-state index contributed by atoms with van der Waals surface area (Å²) in [6, 6.07) is 12.6. The van der Waals surface area contributed by atoms with Crippen LogP contribution < -0.4 is 4.90 Å². The molecule has 1 aliphatic rings. The lowest BCUT2D eigenvalue weighted by Crippen LogP contribution is -2.47. The van der Waals surface area contributed by atoms with Gasteiger partial charge in [-0.1, -0.05) is 12.1 Å². The number of nitrogens with zero attached hydrogens (tertiary/aromatic N) is 3. The van der Waals surface area contributed by atoms with Crippen LogP contribution in [0.4, 0.5) is 14.5 Å². The minimum atomic E-state index is -3.29. The number of benzene rings is 2. The molecule has 0 bridgehead atoms. The van der Waals surface area contributed by atoms with E-state index in [1.165, 1.54) is 12.1 Å². The smallest absolute Gasteiger partial charge is 0.175 e. The van der Waals surface area contributed by atoms with E-state index in [-0.39, 0.29) is 22.8 Å². The average Bonchev–Trinajstić information content (AvgIpc) is 3.33. The first-order chi connectivity index (χ1) is 18.1. The number of H-pyrrole nitrogens is 1. The standard InChI is InChI=1S/C28H30F2N4O3S/c1-18-21-15-25(19-4-6-20(7-5-19)38(2,36)37)32-26(21)17-27(31-18)22-14-24(30)28(16-23(22)29)34-11-9-33(10-12-34)8-3-13-35/h4-7,14-17,32,35H,3,8-13H2,1-2H3. The number of anilines is 1. The van der Waals surface area contributed by atoms with Gasteiger partial charge in [-0.05, 0) is 49.2 Å². The molecule has 0 aliphatic carbocycles. The molecule has 0 saturated carbocycles. The SMILES string of the molecule is Cc1nc(-c2cc(F)c(N3CCN(CCCO)CC3)cc2F)cc2[nH]c(-c3ccc(S(C)(=O)=O)cc3)cc12. The third-order valence-corrected chi connectivity index (χ3v) is 8.19. The predicted octanol–water partition coefficient (Wildman–Crippen LogP) is 4.39. The maximum Gasteiger partial charge on any atom is 0.175 e. The number of aromatic nitrogens is 2. The van der Waals surface area contributed by atoms with Gasteiger partial charge >= 0.3 is 0 Å². The Morgan fingerprint density at radius 3 is 2.37 bits per heavy atom. The number of fused-ring (bicyclic) bond motifs is 1. The van der Waals surface area contributed by atoms with Crippen molar-refractivity contribution in [3.05, 3.63) is 65.9 Å². The Bertz CT molecular complexity index is 1580. The fourth-order valence-corrected chi connectivity index (χ4v) is 5.58. The highest BCUT2D eigenvalue weighted by Gasteiger charge is 2.22. The lowest BCUT2D eigenvalue weighted by Gasteiger charge is -2.36. The number of pyridine rings is 1. The number of nitrogens with one attached hydrogen (secondary N) is 1. The van der Waals surface area contributed by atoms with E-state index in [9.17, 15) is 8.42 Å². The van der Waals surface area contributed by atoms with E-state index in [0.717, 1.165) is 48.1 Å². The van der Waals surface area contributed by atoms with Crippen molar-refractivity contribution in [2.24, 2.45) is 0 Å². The number of hydrogen-bond acceptors (Lipinski definition) is 6. The van der Waals surface area contributed by atoms with Crippen molar-refractivity contribution in [2.75, 3.05) is 50.5 Å². The van der Waals surface area contributed by atoms with Crippen molar-refractivity contribution < 1.29 is 22.3 Å². The number of hydrogen-bond donors (Lipinski definition) is 2. The molecule has 2 aromatic carbocycles. The second-order valence-electron chi connectivity index (χ2n) is 9.72. The molecular weight excluding hydrogens is 510 g/mol. The molecule has 0 radical (unpaired) electrons. The zero-order valence-electron chi connectivity index (χ0n) is 21.3. The Hall–Kier alpha value is -3.34. The third kappa shape index (κ3) is 5.29. The lowest BCUT2D eigenvalue weighted by atomic mass is 10.1. The van der Waals surface area contributed by atoms with Crippen molar-refractivity contribution >= 4 is 26.4 Å². The van der Waals surface area contributed by atoms with Crippen LogP contribution in [0.15, 0.2) is 53.4 Å². The Kier molecular flexibility index (Phi) is 7.21. The molecule has 1 fully saturated rings. The summed E-state index contributed by atoms with van der Waals surface area (Å²) in [5.41, 5.74) is 3.60. The largest absolute Gasteiger partial charge is 0.396 e. The number of aliphatic hydroxyl groups is 1. The lowest BCUT2D eigenvalue weighted by molar-refractivity contribution is 0.215. The molecular formula is C28H30F2N4O3S. The summed E-state index contributed by atoms with van der Waals surface area (Å²) in [4.78, 5) is 12.2. The van der Waals surface area contributed by atoms with Gasteiger partial charge < -0.3 is 15.0 Å². The summed E-state index contributed by atoms with van der Waals surface area (Å²) in [5.74, 6) is -1.04. The van der Waals surface area contributed by atoms with Gasteiger partial charge in [-0.15, -0.1) is 0 Å². The normalized spacial score (nSPS) is 14.9. The molecule has 38 heavy (non-hydrogen) atoms. The molecule has 0 atom stereocenters. The first-order valence-corrected chi connectivity index (χ1v) is 14.4. The van der Waals surface area contributed by atoms with Crippen molar-refractivity contribution in [2.45, 2.75) is 18.2 Å². The highest BCUT2D eigenvalue weighted by molar-refractivity contribution is 7.90. The van der Waals surface area contributed by atoms with Gasteiger partial charge in [0.2, 0.25) is 0 Å². The van der Waals surface area contributed by atoms with Gasteiger partial charge in [-0.2, -0.15) is 0 Å². The Morgan fingerprint density at radius 2 is 1.71 bits per heavy atom. The number of aromatic amines is 1. The van der Waals surface area contributed by atoms with Crippen LogP contribution in [0.25, 0.3) is 33.4 Å². The van der Waals surface area contributed by atoms with E-state index in [4.69, 9.17) is 5.11 Å². The van der Waals surface area contributed by atoms with Gasteiger partial charge in [0.05, 0.1) is 16.3 Å². The van der Waals surface area contributed by atoms with Crippen molar-refractivity contribution in [3.63, 3.8) is 0 Å². The first-order valence-electron chi connectivity index (χ1n) is 12.5. The summed E-state index contributed by atoms with van der Waals surface area (Å²) in [6.45, 7) is 5.37. The summed E-state index contributed by atoms with van der Waals surface area (Å²) in [6.07, 6.45) is 1.86. The highest BCUT2D eigenvalue weighted by atomic mass is 32.2. The fourth-order valence-electron chi connectivity index (χ4n) is 4.95. The van der Waals surface area contributed by atoms with Crippen LogP contribution in [-0.2, 0) is 9.84 Å². The van der Waals surface area contributed by atoms with Gasteiger partial charge in [0.1, 0.15) is 11.6 Å². The Labute approximate surface area is 220 Å². The molecule has 10 heteroatoms. The van der Waals surface area contributed by atoms with E-state index in [2.05, 4.69) is 14.9 Å². The Balaban J connectivity index is 1.42. The average molecular weight is 541 g/mol. The maximum absolute atomic E-state index is 15.3. The van der Waals surface area contributed by atoms with Crippen molar-refractivity contribution in [1.82, 2.24) is 14.9 Å². The number of piperazine rings is 1. The van der Waals surface area contributed by atoms with E-state index in [1.54, 1.807) is 30.3 Å². The number of aryl methyl sites for hydroxylation is 1. The topological polar surface area (TPSA) is 89.5 Å². The van der Waals surface area contributed by atoms with Gasteiger partial charge in [0, 0.05) is 79.5 Å². The summed E-state index contributed by atoms with van der Waals surface area (Å²) in [5, 5.41) is 9.86. The number of halogens is 2. The van der Waals surface area contributed by atoms with Gasteiger partial charge in [0.25, 0.3) is 0 Å². The quantitative estimate of drug-likeness (QED) is 0.362. The van der Waals surface area contributed by atoms with Crippen LogP contribution in [0, 0.1) is 18.6 Å². The molecule has 0 unspecified atom stereocenters. The van der Waals surface area contributed by atoms with Crippen LogP contribution in [0.2, 0.25) is 0 Å². The molecule has 1 saturated heterocycles. The van der Waals surface area contributed by atoms with Gasteiger partial charge in [0.15, 0.2) is 9.84 Å². The predicted molar refractivity (Wildman–Crippen MR) is 145 cm³/mol. The minimum Gasteiger partial charge on any atom is -0.396 e. The van der Waals surface area contributed by atoms with Gasteiger partial charge in [-0.3, -0.25) is 9.88 Å². The molecule has 4 aromatic rings. The summed E-state index contributed by atoms with van der Waals surface area (Å²) < 4.78 is 54.1. The highest BCUT2D eigenvalue weighted by Crippen LogP contribution is 2.33. The van der Waals surface area contributed by atoms with Crippen LogP contribution >= 0.6 is 0 Å². The van der Waals surface area contributed by atoms with E-state index in [0.29, 0.717) is 30.9 Å². The summed E-state index contributed by atoms with van der Waals surface area (Å²) in [7, 11) is -3.29. The van der Waals surface area contributed by atoms with E-state index < -0.39 is 21.5 Å².